The molecule has 3 aromatic rings. The van der Waals surface area contributed by atoms with E-state index in [-0.39, 0.29) is 18.9 Å². The molecule has 1 heterocycles. The minimum atomic E-state index is -0.560. The second-order valence-corrected chi connectivity index (χ2v) is 6.65. The Morgan fingerprint density at radius 1 is 1.17 bits per heavy atom. The first kappa shape index (κ1) is 20.6. The SMILES string of the molecule is COc1ccc(C[C@H](NC(=O)Nc2ccc(Cl)cc2)c2nnc(CCO)o2)cc1. The lowest BCUT2D eigenvalue weighted by molar-refractivity contribution is 0.244. The Kier molecular flexibility index (Phi) is 7.04. The molecule has 0 aliphatic carbocycles. The predicted molar refractivity (Wildman–Crippen MR) is 108 cm³/mol. The maximum Gasteiger partial charge on any atom is 0.319 e. The summed E-state index contributed by atoms with van der Waals surface area (Å²) in [5.74, 6) is 1.31. The number of nitrogens with one attached hydrogen (secondary N) is 2. The summed E-state index contributed by atoms with van der Waals surface area (Å²) in [7, 11) is 1.60. The van der Waals surface area contributed by atoms with E-state index in [1.807, 2.05) is 24.3 Å². The zero-order valence-corrected chi connectivity index (χ0v) is 16.5. The molecule has 3 N–H and O–H groups in total. The predicted octanol–water partition coefficient (Wildman–Crippen LogP) is 3.37. The van der Waals surface area contributed by atoms with Crippen LogP contribution in [-0.4, -0.2) is 35.1 Å². The van der Waals surface area contributed by atoms with E-state index in [2.05, 4.69) is 20.8 Å². The molecule has 0 radical (unpaired) electrons. The Morgan fingerprint density at radius 2 is 1.90 bits per heavy atom. The Balaban J connectivity index is 1.75. The van der Waals surface area contributed by atoms with Crippen molar-refractivity contribution in [1.82, 2.24) is 15.5 Å². The van der Waals surface area contributed by atoms with Crippen LogP contribution < -0.4 is 15.4 Å². The third-order valence-electron chi connectivity index (χ3n) is 4.11. The minimum Gasteiger partial charge on any atom is -0.497 e. The first-order chi connectivity index (χ1) is 14.1. The van der Waals surface area contributed by atoms with Crippen LogP contribution in [0.3, 0.4) is 0 Å². The standard InChI is InChI=1S/C20H21ClN4O4/c1-28-16-8-2-13(3-9-16)12-17(19-25-24-18(29-19)10-11-26)23-20(27)22-15-6-4-14(21)5-7-15/h2-9,17,26H,10-12H2,1H3,(H2,22,23,27)/t17-/m0/s1. The van der Waals surface area contributed by atoms with Crippen LogP contribution in [0.4, 0.5) is 10.5 Å². The number of urea groups is 1. The summed E-state index contributed by atoms with van der Waals surface area (Å²) in [6, 6.07) is 13.3. The van der Waals surface area contributed by atoms with Crippen LogP contribution in [0.25, 0.3) is 0 Å². The van der Waals surface area contributed by atoms with E-state index >= 15 is 0 Å². The summed E-state index contributed by atoms with van der Waals surface area (Å²) in [6.45, 7) is -0.102. The number of carbonyl (C=O) groups excluding carboxylic acids is 1. The molecule has 2 aromatic carbocycles. The third-order valence-corrected chi connectivity index (χ3v) is 4.36. The van der Waals surface area contributed by atoms with E-state index in [1.165, 1.54) is 0 Å². The van der Waals surface area contributed by atoms with Gasteiger partial charge in [-0.15, -0.1) is 10.2 Å². The van der Waals surface area contributed by atoms with E-state index in [9.17, 15) is 4.79 Å². The summed E-state index contributed by atoms with van der Waals surface area (Å²) < 4.78 is 10.8. The molecular weight excluding hydrogens is 396 g/mol. The lowest BCUT2D eigenvalue weighted by Gasteiger charge is -2.16. The molecule has 3 rings (SSSR count). The molecule has 1 atom stereocenters. The lowest BCUT2D eigenvalue weighted by Crippen LogP contribution is -2.34. The number of benzene rings is 2. The van der Waals surface area contributed by atoms with Gasteiger partial charge < -0.3 is 24.9 Å². The van der Waals surface area contributed by atoms with Crippen molar-refractivity contribution in [2.45, 2.75) is 18.9 Å². The fourth-order valence-corrected chi connectivity index (χ4v) is 2.79. The van der Waals surface area contributed by atoms with Crippen molar-refractivity contribution in [3.63, 3.8) is 0 Å². The van der Waals surface area contributed by atoms with E-state index in [0.29, 0.717) is 23.0 Å². The van der Waals surface area contributed by atoms with Crippen LogP contribution in [0, 0.1) is 0 Å². The number of aromatic nitrogens is 2. The molecule has 8 nitrogen and oxygen atoms in total. The van der Waals surface area contributed by atoms with Gasteiger partial charge in [-0.3, -0.25) is 0 Å². The van der Waals surface area contributed by atoms with Crippen molar-refractivity contribution in [3.8, 4) is 5.75 Å². The van der Waals surface area contributed by atoms with Crippen molar-refractivity contribution in [2.24, 2.45) is 0 Å². The zero-order chi connectivity index (χ0) is 20.6. The maximum atomic E-state index is 12.5. The highest BCUT2D eigenvalue weighted by Gasteiger charge is 2.22. The van der Waals surface area contributed by atoms with E-state index < -0.39 is 12.1 Å². The average molecular weight is 417 g/mol. The highest BCUT2D eigenvalue weighted by atomic mass is 35.5. The Hall–Kier alpha value is -3.10. The Bertz CT molecular complexity index is 928. The molecule has 1 aromatic heterocycles. The molecule has 152 valence electrons. The second-order valence-electron chi connectivity index (χ2n) is 6.22. The molecule has 0 saturated carbocycles. The monoisotopic (exact) mass is 416 g/mol. The number of anilines is 1. The lowest BCUT2D eigenvalue weighted by atomic mass is 10.1. The van der Waals surface area contributed by atoms with Gasteiger partial charge in [0, 0.05) is 23.6 Å². The van der Waals surface area contributed by atoms with Gasteiger partial charge in [0.2, 0.25) is 11.8 Å². The van der Waals surface area contributed by atoms with Crippen molar-refractivity contribution >= 4 is 23.3 Å². The van der Waals surface area contributed by atoms with Gasteiger partial charge in [-0.1, -0.05) is 23.7 Å². The second kappa shape index (κ2) is 9.90. The van der Waals surface area contributed by atoms with Gasteiger partial charge in [-0.2, -0.15) is 0 Å². The number of ether oxygens (including phenoxy) is 1. The molecule has 0 fully saturated rings. The summed E-state index contributed by atoms with van der Waals surface area (Å²) in [5.41, 5.74) is 1.55. The normalized spacial score (nSPS) is 11.7. The van der Waals surface area contributed by atoms with Crippen LogP contribution in [0.5, 0.6) is 5.75 Å². The van der Waals surface area contributed by atoms with Gasteiger partial charge in [0.25, 0.3) is 0 Å². The largest absolute Gasteiger partial charge is 0.497 e. The molecule has 0 aliphatic heterocycles. The molecule has 0 aliphatic rings. The zero-order valence-electron chi connectivity index (χ0n) is 15.8. The third kappa shape index (κ3) is 5.94. The number of halogens is 1. The van der Waals surface area contributed by atoms with Crippen molar-refractivity contribution in [3.05, 3.63) is 70.9 Å². The summed E-state index contributed by atoms with van der Waals surface area (Å²) in [6.07, 6.45) is 0.679. The quantitative estimate of drug-likeness (QED) is 0.519. The fourth-order valence-electron chi connectivity index (χ4n) is 2.66. The van der Waals surface area contributed by atoms with E-state index in [1.54, 1.807) is 31.4 Å². The van der Waals surface area contributed by atoms with Gasteiger partial charge >= 0.3 is 6.03 Å². The van der Waals surface area contributed by atoms with Gasteiger partial charge in [-0.05, 0) is 42.0 Å². The highest BCUT2D eigenvalue weighted by Crippen LogP contribution is 2.21. The fraction of sp³-hybridized carbons (Fsp3) is 0.250. The number of methoxy groups -OCH3 is 1. The average Bonchev–Trinajstić information content (AvgIpc) is 3.19. The number of hydrogen-bond acceptors (Lipinski definition) is 6. The Labute approximate surface area is 172 Å². The first-order valence-electron chi connectivity index (χ1n) is 8.96. The highest BCUT2D eigenvalue weighted by molar-refractivity contribution is 6.30. The van der Waals surface area contributed by atoms with Crippen LogP contribution in [-0.2, 0) is 12.8 Å². The molecule has 0 spiro atoms. The van der Waals surface area contributed by atoms with Crippen LogP contribution in [0.1, 0.15) is 23.4 Å². The summed E-state index contributed by atoms with van der Waals surface area (Å²) >= 11 is 5.87. The van der Waals surface area contributed by atoms with Gasteiger partial charge in [0.05, 0.1) is 13.7 Å². The van der Waals surface area contributed by atoms with Crippen LogP contribution in [0.2, 0.25) is 5.02 Å². The maximum absolute atomic E-state index is 12.5. The smallest absolute Gasteiger partial charge is 0.319 e. The van der Waals surface area contributed by atoms with E-state index in [0.717, 1.165) is 11.3 Å². The van der Waals surface area contributed by atoms with E-state index in [4.69, 9.17) is 25.9 Å². The number of nitrogens with zero attached hydrogens (tertiary/aromatic N) is 2. The molecular formula is C20H21ClN4O4. The summed E-state index contributed by atoms with van der Waals surface area (Å²) in [5, 5.41) is 23.2. The topological polar surface area (TPSA) is 110 Å². The first-order valence-corrected chi connectivity index (χ1v) is 9.34. The minimum absolute atomic E-state index is 0.102. The van der Waals surface area contributed by atoms with Gasteiger partial charge in [0.1, 0.15) is 11.8 Å². The number of hydrogen-bond donors (Lipinski definition) is 3. The van der Waals surface area contributed by atoms with Gasteiger partial charge in [0.15, 0.2) is 0 Å². The number of rotatable bonds is 8. The molecule has 9 heteroatoms. The molecule has 0 unspecified atom stereocenters. The Morgan fingerprint density at radius 3 is 2.55 bits per heavy atom. The number of amides is 2. The molecule has 0 bridgehead atoms. The number of aliphatic hydroxyl groups is 1. The molecule has 29 heavy (non-hydrogen) atoms. The number of carbonyl (C=O) groups is 1. The van der Waals surface area contributed by atoms with Crippen LogP contribution >= 0.6 is 11.6 Å². The van der Waals surface area contributed by atoms with Crippen molar-refractivity contribution in [1.29, 1.82) is 0 Å². The summed E-state index contributed by atoms with van der Waals surface area (Å²) in [4.78, 5) is 12.5. The van der Waals surface area contributed by atoms with Crippen molar-refractivity contribution in [2.75, 3.05) is 19.0 Å². The van der Waals surface area contributed by atoms with Crippen molar-refractivity contribution < 1.29 is 19.1 Å². The number of aliphatic hydroxyl groups excluding tert-OH is 1. The molecule has 2 amide bonds. The molecule has 0 saturated heterocycles. The van der Waals surface area contributed by atoms with Gasteiger partial charge in [-0.25, -0.2) is 4.79 Å². The van der Waals surface area contributed by atoms with Crippen LogP contribution in [0.15, 0.2) is 52.9 Å².